The molecule has 1 saturated heterocycles. The molecule has 130 valence electrons. The topological polar surface area (TPSA) is 59.0 Å². The Morgan fingerprint density at radius 3 is 2.83 bits per heavy atom. The van der Waals surface area contributed by atoms with Crippen molar-refractivity contribution in [3.05, 3.63) is 17.0 Å². The largest absolute Gasteiger partial charge is 0.352 e. The van der Waals surface area contributed by atoms with Gasteiger partial charge in [-0.25, -0.2) is 0 Å². The van der Waals surface area contributed by atoms with E-state index in [-0.39, 0.29) is 11.9 Å². The van der Waals surface area contributed by atoms with Gasteiger partial charge in [0.1, 0.15) is 0 Å². The average Bonchev–Trinajstić information content (AvgIpc) is 2.73. The molecule has 1 amide bonds. The third kappa shape index (κ3) is 4.80. The summed E-state index contributed by atoms with van der Waals surface area (Å²) in [6, 6.07) is 0.632. The number of nitrogens with zero attached hydrogens (tertiary/aromatic N) is 2. The number of aromatic nitrogens is 2. The maximum atomic E-state index is 12.3. The van der Waals surface area contributed by atoms with Gasteiger partial charge in [0.15, 0.2) is 0 Å². The maximum Gasteiger partial charge on any atom is 0.220 e. The first kappa shape index (κ1) is 18.0. The molecule has 1 aromatic rings. The van der Waals surface area contributed by atoms with Crippen molar-refractivity contribution in [3.63, 3.8) is 0 Å². The van der Waals surface area contributed by atoms with Crippen LogP contribution < -0.4 is 10.6 Å². The predicted octanol–water partition coefficient (Wildman–Crippen LogP) is 2.35. The molecule has 0 saturated carbocycles. The van der Waals surface area contributed by atoms with Crippen LogP contribution in [0.2, 0.25) is 0 Å². The minimum atomic E-state index is 0.154. The van der Waals surface area contributed by atoms with Gasteiger partial charge in [0, 0.05) is 30.7 Å². The van der Waals surface area contributed by atoms with Crippen LogP contribution in [0, 0.1) is 19.8 Å². The van der Waals surface area contributed by atoms with Gasteiger partial charge in [-0.3, -0.25) is 9.48 Å². The summed E-state index contributed by atoms with van der Waals surface area (Å²) in [4.78, 5) is 12.3. The molecule has 1 aliphatic heterocycles. The summed E-state index contributed by atoms with van der Waals surface area (Å²) in [5.74, 6) is 0.727. The highest BCUT2D eigenvalue weighted by atomic mass is 16.1. The number of nitrogens with one attached hydrogen (secondary N) is 2. The summed E-state index contributed by atoms with van der Waals surface area (Å²) < 4.78 is 2.08. The van der Waals surface area contributed by atoms with Crippen LogP contribution in [0.5, 0.6) is 0 Å². The van der Waals surface area contributed by atoms with Crippen molar-refractivity contribution in [3.8, 4) is 0 Å². The van der Waals surface area contributed by atoms with E-state index < -0.39 is 0 Å². The van der Waals surface area contributed by atoms with Crippen LogP contribution >= 0.6 is 0 Å². The highest BCUT2D eigenvalue weighted by molar-refractivity contribution is 5.76. The van der Waals surface area contributed by atoms with Crippen molar-refractivity contribution in [2.45, 2.75) is 78.9 Å². The van der Waals surface area contributed by atoms with Crippen molar-refractivity contribution < 1.29 is 4.79 Å². The molecule has 1 aromatic heterocycles. The Morgan fingerprint density at radius 1 is 1.43 bits per heavy atom. The molecule has 0 aromatic carbocycles. The molecule has 2 rings (SSSR count). The molecule has 0 aliphatic carbocycles. The zero-order valence-corrected chi connectivity index (χ0v) is 15.3. The SMILES string of the molecule is Cc1nn(CC(C)C)c(C)c1CCC(=O)NC1CCCNC1C. The number of piperidine rings is 1. The number of carbonyl (C=O) groups excluding carboxylic acids is 1. The third-order valence-electron chi connectivity index (χ3n) is 4.78. The number of aryl methyl sites for hydroxylation is 1. The first-order valence-corrected chi connectivity index (χ1v) is 8.94. The molecule has 2 N–H and O–H groups in total. The fourth-order valence-electron chi connectivity index (χ4n) is 3.38. The van der Waals surface area contributed by atoms with Crippen LogP contribution in [-0.2, 0) is 17.8 Å². The molecule has 5 heteroatoms. The van der Waals surface area contributed by atoms with Crippen molar-refractivity contribution in [1.29, 1.82) is 0 Å². The Kier molecular flexibility index (Phi) is 6.22. The van der Waals surface area contributed by atoms with Crippen molar-refractivity contribution >= 4 is 5.91 Å². The number of hydrogen-bond donors (Lipinski definition) is 2. The Bertz CT molecular complexity index is 535. The Labute approximate surface area is 140 Å². The lowest BCUT2D eigenvalue weighted by Crippen LogP contribution is -2.51. The normalized spacial score (nSPS) is 21.7. The van der Waals surface area contributed by atoms with Gasteiger partial charge in [0.05, 0.1) is 5.69 Å². The second-order valence-electron chi connectivity index (χ2n) is 7.28. The van der Waals surface area contributed by atoms with Gasteiger partial charge in [-0.1, -0.05) is 13.8 Å². The zero-order valence-electron chi connectivity index (χ0n) is 15.3. The van der Waals surface area contributed by atoms with Gasteiger partial charge >= 0.3 is 0 Å². The summed E-state index contributed by atoms with van der Waals surface area (Å²) in [7, 11) is 0. The first-order chi connectivity index (χ1) is 10.9. The molecular formula is C18H32N4O. The van der Waals surface area contributed by atoms with Crippen LogP contribution in [0.15, 0.2) is 0 Å². The molecular weight excluding hydrogens is 288 g/mol. The molecule has 2 heterocycles. The Hall–Kier alpha value is -1.36. The lowest BCUT2D eigenvalue weighted by Gasteiger charge is -2.30. The van der Waals surface area contributed by atoms with Crippen LogP contribution in [0.1, 0.15) is 57.0 Å². The molecule has 0 bridgehead atoms. The van der Waals surface area contributed by atoms with Gasteiger partial charge < -0.3 is 10.6 Å². The van der Waals surface area contributed by atoms with E-state index >= 15 is 0 Å². The first-order valence-electron chi connectivity index (χ1n) is 8.94. The van der Waals surface area contributed by atoms with E-state index in [1.54, 1.807) is 0 Å². The van der Waals surface area contributed by atoms with Crippen LogP contribution in [0.4, 0.5) is 0 Å². The number of hydrogen-bond acceptors (Lipinski definition) is 3. The minimum absolute atomic E-state index is 0.154. The molecule has 2 atom stereocenters. The zero-order chi connectivity index (χ0) is 17.0. The monoisotopic (exact) mass is 320 g/mol. The third-order valence-corrected chi connectivity index (χ3v) is 4.78. The maximum absolute atomic E-state index is 12.3. The number of carbonyl (C=O) groups is 1. The van der Waals surface area contributed by atoms with Gasteiger partial charge in [0.25, 0.3) is 0 Å². The van der Waals surface area contributed by atoms with Crippen molar-refractivity contribution in [2.75, 3.05) is 6.54 Å². The van der Waals surface area contributed by atoms with Gasteiger partial charge in [-0.2, -0.15) is 5.10 Å². The van der Waals surface area contributed by atoms with Gasteiger partial charge in [-0.05, 0) is 58.1 Å². The lowest BCUT2D eigenvalue weighted by molar-refractivity contribution is -0.122. The highest BCUT2D eigenvalue weighted by Gasteiger charge is 2.22. The van der Waals surface area contributed by atoms with E-state index in [0.29, 0.717) is 18.4 Å². The molecule has 5 nitrogen and oxygen atoms in total. The van der Waals surface area contributed by atoms with E-state index in [2.05, 4.69) is 48.1 Å². The van der Waals surface area contributed by atoms with E-state index in [9.17, 15) is 4.79 Å². The smallest absolute Gasteiger partial charge is 0.220 e. The average molecular weight is 320 g/mol. The molecule has 1 fully saturated rings. The van der Waals surface area contributed by atoms with E-state index in [1.807, 2.05) is 6.92 Å². The second kappa shape index (κ2) is 7.95. The number of amides is 1. The van der Waals surface area contributed by atoms with Gasteiger partial charge in [-0.15, -0.1) is 0 Å². The fraction of sp³-hybridized carbons (Fsp3) is 0.778. The van der Waals surface area contributed by atoms with Crippen molar-refractivity contribution in [2.24, 2.45) is 5.92 Å². The Balaban J connectivity index is 1.90. The predicted molar refractivity (Wildman–Crippen MR) is 93.5 cm³/mol. The van der Waals surface area contributed by atoms with E-state index in [4.69, 9.17) is 0 Å². The van der Waals surface area contributed by atoms with Crippen LogP contribution in [-0.4, -0.2) is 34.3 Å². The number of rotatable bonds is 6. The summed E-state index contributed by atoms with van der Waals surface area (Å²) in [5, 5.41) is 11.2. The minimum Gasteiger partial charge on any atom is -0.352 e. The summed E-state index contributed by atoms with van der Waals surface area (Å²) in [6.45, 7) is 12.7. The Morgan fingerprint density at radius 2 is 2.17 bits per heavy atom. The van der Waals surface area contributed by atoms with Crippen LogP contribution in [0.25, 0.3) is 0 Å². The molecule has 23 heavy (non-hydrogen) atoms. The molecule has 0 radical (unpaired) electrons. The molecule has 2 unspecified atom stereocenters. The summed E-state index contributed by atoms with van der Waals surface area (Å²) >= 11 is 0. The quantitative estimate of drug-likeness (QED) is 0.846. The van der Waals surface area contributed by atoms with E-state index in [0.717, 1.165) is 38.0 Å². The summed E-state index contributed by atoms with van der Waals surface area (Å²) in [5.41, 5.74) is 3.50. The van der Waals surface area contributed by atoms with Gasteiger partial charge in [0.2, 0.25) is 5.91 Å². The summed E-state index contributed by atoms with van der Waals surface area (Å²) in [6.07, 6.45) is 3.52. The molecule has 0 spiro atoms. The lowest BCUT2D eigenvalue weighted by atomic mass is 9.99. The highest BCUT2D eigenvalue weighted by Crippen LogP contribution is 2.17. The second-order valence-corrected chi connectivity index (χ2v) is 7.28. The standard InChI is InChI=1S/C18H32N4O/c1-12(2)11-22-15(5)16(13(3)21-22)8-9-18(23)20-17-7-6-10-19-14(17)4/h12,14,17,19H,6-11H2,1-5H3,(H,20,23). The molecule has 1 aliphatic rings. The van der Waals surface area contributed by atoms with Crippen molar-refractivity contribution in [1.82, 2.24) is 20.4 Å². The van der Waals surface area contributed by atoms with Crippen LogP contribution in [0.3, 0.4) is 0 Å². The fourth-order valence-corrected chi connectivity index (χ4v) is 3.38. The van der Waals surface area contributed by atoms with E-state index in [1.165, 1.54) is 11.3 Å².